The molecule has 2 rings (SSSR count). The van der Waals surface area contributed by atoms with Gasteiger partial charge in [0.15, 0.2) is 0 Å². The topological polar surface area (TPSA) is 29.3 Å². The van der Waals surface area contributed by atoms with E-state index < -0.39 is 0 Å². The third-order valence-electron chi connectivity index (χ3n) is 3.67. The number of nitrogens with two attached hydrogens (primary N) is 1. The Hall–Kier alpha value is -0.0800. The van der Waals surface area contributed by atoms with Crippen molar-refractivity contribution in [1.82, 2.24) is 4.90 Å². The van der Waals surface area contributed by atoms with Crippen LogP contribution in [-0.4, -0.2) is 30.6 Å². The van der Waals surface area contributed by atoms with Crippen molar-refractivity contribution in [3.8, 4) is 0 Å². The van der Waals surface area contributed by atoms with Crippen molar-refractivity contribution < 1.29 is 0 Å². The van der Waals surface area contributed by atoms with Gasteiger partial charge in [0.25, 0.3) is 0 Å². The molecule has 2 aliphatic rings. The standard InChI is InChI=1S/C11H22N2/c1-10(2)6-9(7-13(3)8-10)11(12)4-5-11/h9H,4-8,12H2,1-3H3. The predicted octanol–water partition coefficient (Wildman–Crippen LogP) is 1.46. The van der Waals surface area contributed by atoms with E-state index >= 15 is 0 Å². The fourth-order valence-corrected chi connectivity index (χ4v) is 2.91. The lowest BCUT2D eigenvalue weighted by molar-refractivity contribution is 0.0758. The predicted molar refractivity (Wildman–Crippen MR) is 55.5 cm³/mol. The molecular formula is C11H22N2. The second-order valence-corrected chi connectivity index (χ2v) is 6.00. The fourth-order valence-electron chi connectivity index (χ4n) is 2.91. The highest BCUT2D eigenvalue weighted by Gasteiger charge is 2.49. The van der Waals surface area contributed by atoms with Gasteiger partial charge in [0.2, 0.25) is 0 Å². The molecule has 0 bridgehead atoms. The van der Waals surface area contributed by atoms with Gasteiger partial charge in [-0.2, -0.15) is 0 Å². The third kappa shape index (κ3) is 1.89. The summed E-state index contributed by atoms with van der Waals surface area (Å²) in [6, 6.07) is 0. The van der Waals surface area contributed by atoms with Gasteiger partial charge in [-0.3, -0.25) is 0 Å². The lowest BCUT2D eigenvalue weighted by Gasteiger charge is -2.43. The molecule has 0 radical (unpaired) electrons. The van der Waals surface area contributed by atoms with Crippen molar-refractivity contribution in [1.29, 1.82) is 0 Å². The lowest BCUT2D eigenvalue weighted by Crippen LogP contribution is -2.49. The molecule has 1 unspecified atom stereocenters. The molecule has 2 nitrogen and oxygen atoms in total. The highest BCUT2D eigenvalue weighted by atomic mass is 15.1. The summed E-state index contributed by atoms with van der Waals surface area (Å²) in [5.74, 6) is 0.737. The third-order valence-corrected chi connectivity index (χ3v) is 3.67. The van der Waals surface area contributed by atoms with Crippen molar-refractivity contribution in [3.05, 3.63) is 0 Å². The molecule has 76 valence electrons. The summed E-state index contributed by atoms with van der Waals surface area (Å²) >= 11 is 0. The molecule has 1 saturated heterocycles. The van der Waals surface area contributed by atoms with E-state index in [1.807, 2.05) is 0 Å². The zero-order valence-electron chi connectivity index (χ0n) is 9.14. The largest absolute Gasteiger partial charge is 0.325 e. The Labute approximate surface area is 81.5 Å². The molecule has 1 aliphatic carbocycles. The Balaban J connectivity index is 2.05. The van der Waals surface area contributed by atoms with E-state index in [1.54, 1.807) is 0 Å². The molecule has 1 atom stereocenters. The number of hydrogen-bond donors (Lipinski definition) is 1. The van der Waals surface area contributed by atoms with Crippen molar-refractivity contribution in [3.63, 3.8) is 0 Å². The van der Waals surface area contributed by atoms with E-state index in [0.29, 0.717) is 5.41 Å². The van der Waals surface area contributed by atoms with Crippen LogP contribution in [0.25, 0.3) is 0 Å². The van der Waals surface area contributed by atoms with Crippen LogP contribution in [0, 0.1) is 11.3 Å². The molecule has 0 aromatic carbocycles. The number of likely N-dealkylation sites (tertiary alicyclic amines) is 1. The summed E-state index contributed by atoms with van der Waals surface area (Å²) in [5, 5.41) is 0. The Morgan fingerprint density at radius 1 is 1.31 bits per heavy atom. The van der Waals surface area contributed by atoms with Gasteiger partial charge >= 0.3 is 0 Å². The molecule has 0 aromatic heterocycles. The van der Waals surface area contributed by atoms with Crippen LogP contribution in [-0.2, 0) is 0 Å². The van der Waals surface area contributed by atoms with Crippen LogP contribution >= 0.6 is 0 Å². The summed E-state index contributed by atoms with van der Waals surface area (Å²) in [5.41, 5.74) is 6.96. The lowest BCUT2D eigenvalue weighted by atomic mass is 9.75. The average Bonchev–Trinajstić information content (AvgIpc) is 2.64. The maximum absolute atomic E-state index is 6.28. The second kappa shape index (κ2) is 2.71. The minimum absolute atomic E-state index is 0.214. The first kappa shape index (κ1) is 9.47. The van der Waals surface area contributed by atoms with E-state index in [2.05, 4.69) is 25.8 Å². The van der Waals surface area contributed by atoms with Crippen LogP contribution in [0.15, 0.2) is 0 Å². The molecule has 1 aliphatic heterocycles. The number of rotatable bonds is 1. The normalized spacial score (nSPS) is 37.4. The molecule has 0 amide bonds. The van der Waals surface area contributed by atoms with Crippen molar-refractivity contribution in [2.24, 2.45) is 17.1 Å². The molecule has 13 heavy (non-hydrogen) atoms. The van der Waals surface area contributed by atoms with Crippen LogP contribution in [0.5, 0.6) is 0 Å². The Bertz CT molecular complexity index is 206. The van der Waals surface area contributed by atoms with Gasteiger partial charge in [-0.1, -0.05) is 13.8 Å². The van der Waals surface area contributed by atoms with Gasteiger partial charge in [-0.15, -0.1) is 0 Å². The fraction of sp³-hybridized carbons (Fsp3) is 1.00. The SMILES string of the molecule is CN1CC(C2(N)CC2)CC(C)(C)C1. The summed E-state index contributed by atoms with van der Waals surface area (Å²) in [4.78, 5) is 2.45. The molecule has 2 heteroatoms. The molecule has 2 fully saturated rings. The van der Waals surface area contributed by atoms with Crippen LogP contribution in [0.4, 0.5) is 0 Å². The summed E-state index contributed by atoms with van der Waals surface area (Å²) in [6.07, 6.45) is 3.82. The number of hydrogen-bond acceptors (Lipinski definition) is 2. The quantitative estimate of drug-likeness (QED) is 0.665. The van der Waals surface area contributed by atoms with Gasteiger partial charge in [-0.05, 0) is 37.6 Å². The maximum Gasteiger partial charge on any atom is 0.0196 e. The molecule has 1 heterocycles. The van der Waals surface area contributed by atoms with Gasteiger partial charge < -0.3 is 10.6 Å². The van der Waals surface area contributed by atoms with Gasteiger partial charge in [0, 0.05) is 18.6 Å². The highest BCUT2D eigenvalue weighted by Crippen LogP contribution is 2.46. The van der Waals surface area contributed by atoms with Gasteiger partial charge in [0.05, 0.1) is 0 Å². The zero-order valence-corrected chi connectivity index (χ0v) is 9.14. The van der Waals surface area contributed by atoms with Crippen molar-refractivity contribution in [2.75, 3.05) is 20.1 Å². The number of piperidine rings is 1. The first-order valence-corrected chi connectivity index (χ1v) is 5.39. The molecule has 2 N–H and O–H groups in total. The van der Waals surface area contributed by atoms with E-state index in [0.717, 1.165) is 5.92 Å². The highest BCUT2D eigenvalue weighted by molar-refractivity contribution is 5.07. The molecule has 0 spiro atoms. The summed E-state index contributed by atoms with van der Waals surface area (Å²) in [7, 11) is 2.22. The monoisotopic (exact) mass is 182 g/mol. The first-order chi connectivity index (χ1) is 5.91. The molecule has 0 aromatic rings. The van der Waals surface area contributed by atoms with Crippen molar-refractivity contribution >= 4 is 0 Å². The summed E-state index contributed by atoms with van der Waals surface area (Å²) < 4.78 is 0. The van der Waals surface area contributed by atoms with Crippen LogP contribution in [0.3, 0.4) is 0 Å². The average molecular weight is 182 g/mol. The van der Waals surface area contributed by atoms with E-state index in [4.69, 9.17) is 5.73 Å². The van der Waals surface area contributed by atoms with E-state index in [1.165, 1.54) is 32.4 Å². The summed E-state index contributed by atoms with van der Waals surface area (Å²) in [6.45, 7) is 7.16. The molecular weight excluding hydrogens is 160 g/mol. The second-order valence-electron chi connectivity index (χ2n) is 6.00. The maximum atomic E-state index is 6.28. The van der Waals surface area contributed by atoms with Gasteiger partial charge in [-0.25, -0.2) is 0 Å². The van der Waals surface area contributed by atoms with Crippen LogP contribution < -0.4 is 5.73 Å². The van der Waals surface area contributed by atoms with Crippen LogP contribution in [0.1, 0.15) is 33.1 Å². The number of nitrogens with zero attached hydrogens (tertiary/aromatic N) is 1. The van der Waals surface area contributed by atoms with Gasteiger partial charge in [0.1, 0.15) is 0 Å². The van der Waals surface area contributed by atoms with Crippen molar-refractivity contribution in [2.45, 2.75) is 38.6 Å². The smallest absolute Gasteiger partial charge is 0.0196 e. The van der Waals surface area contributed by atoms with Crippen LogP contribution in [0.2, 0.25) is 0 Å². The van der Waals surface area contributed by atoms with E-state index in [9.17, 15) is 0 Å². The zero-order chi connectivity index (χ0) is 9.69. The first-order valence-electron chi connectivity index (χ1n) is 5.39. The Kier molecular flexibility index (Phi) is 1.97. The Morgan fingerprint density at radius 3 is 2.38 bits per heavy atom. The minimum Gasteiger partial charge on any atom is -0.325 e. The van der Waals surface area contributed by atoms with E-state index in [-0.39, 0.29) is 5.54 Å². The Morgan fingerprint density at radius 2 is 1.92 bits per heavy atom. The molecule has 1 saturated carbocycles. The minimum atomic E-state index is 0.214.